The third kappa shape index (κ3) is 4.65. The van der Waals surface area contributed by atoms with E-state index < -0.39 is 38.3 Å². The molecule has 0 aliphatic carbocycles. The zero-order chi connectivity index (χ0) is 21.4. The van der Waals surface area contributed by atoms with Gasteiger partial charge >= 0.3 is 6.18 Å². The molecule has 152 valence electrons. The summed E-state index contributed by atoms with van der Waals surface area (Å²) in [5.74, 6) is -1.36. The summed E-state index contributed by atoms with van der Waals surface area (Å²) in [4.78, 5) is 12.3. The molecule has 29 heavy (non-hydrogen) atoms. The molecule has 1 amide bonds. The summed E-state index contributed by atoms with van der Waals surface area (Å²) in [5.41, 5.74) is -1.30. The highest BCUT2D eigenvalue weighted by molar-refractivity contribution is 9.10. The molecule has 0 atom stereocenters. The number of benzene rings is 2. The molecule has 11 heteroatoms. The fourth-order valence-electron chi connectivity index (χ4n) is 2.30. The zero-order valence-electron chi connectivity index (χ0n) is 14.1. The van der Waals surface area contributed by atoms with Crippen molar-refractivity contribution >= 4 is 49.0 Å². The van der Waals surface area contributed by atoms with Crippen molar-refractivity contribution in [2.24, 2.45) is 0 Å². The van der Waals surface area contributed by atoms with Crippen LogP contribution in [0.5, 0.6) is 0 Å². The molecule has 0 bridgehead atoms. The quantitative estimate of drug-likeness (QED) is 0.483. The van der Waals surface area contributed by atoms with Crippen molar-refractivity contribution in [2.45, 2.75) is 16.2 Å². The van der Waals surface area contributed by atoms with E-state index in [1.54, 1.807) is 0 Å². The summed E-state index contributed by atoms with van der Waals surface area (Å²) in [7, 11) is -4.02. The number of alkyl halides is 3. The van der Waals surface area contributed by atoms with Gasteiger partial charge in [-0.25, -0.2) is 8.42 Å². The maximum absolute atomic E-state index is 12.8. The van der Waals surface area contributed by atoms with Gasteiger partial charge in [0.05, 0.1) is 21.2 Å². The average Bonchev–Trinajstić information content (AvgIpc) is 3.14. The third-order valence-corrected chi connectivity index (χ3v) is 6.24. The Balaban J connectivity index is 1.86. The van der Waals surface area contributed by atoms with Crippen LogP contribution < -0.4 is 5.32 Å². The minimum Gasteiger partial charge on any atom is -0.439 e. The molecule has 3 rings (SSSR count). The maximum atomic E-state index is 12.8. The number of rotatable bonds is 4. The molecule has 0 radical (unpaired) electrons. The Kier molecular flexibility index (Phi) is 5.79. The van der Waals surface area contributed by atoms with Crippen molar-refractivity contribution in [3.05, 3.63) is 75.4 Å². The van der Waals surface area contributed by atoms with Gasteiger partial charge in [0.15, 0.2) is 5.76 Å². The summed E-state index contributed by atoms with van der Waals surface area (Å²) in [6, 6.07) is 10.4. The van der Waals surface area contributed by atoms with E-state index >= 15 is 0 Å². The monoisotopic (exact) mass is 507 g/mol. The van der Waals surface area contributed by atoms with Crippen LogP contribution in [0.4, 0.5) is 18.9 Å². The Hall–Kier alpha value is -2.30. The Morgan fingerprint density at radius 1 is 1.03 bits per heavy atom. The lowest BCUT2D eigenvalue weighted by Crippen LogP contribution is -2.13. The first-order valence-corrected chi connectivity index (χ1v) is 10.4. The van der Waals surface area contributed by atoms with E-state index in [1.807, 2.05) is 0 Å². The van der Waals surface area contributed by atoms with E-state index in [2.05, 4.69) is 21.2 Å². The highest BCUT2D eigenvalue weighted by atomic mass is 79.9. The fraction of sp³-hybridized carbons (Fsp3) is 0.0556. The first-order chi connectivity index (χ1) is 13.5. The first kappa shape index (κ1) is 21.4. The maximum Gasteiger partial charge on any atom is 0.416 e. The normalized spacial score (nSPS) is 12.0. The molecule has 3 aromatic rings. The number of sulfone groups is 1. The molecule has 0 spiro atoms. The number of halogens is 5. The number of carbonyl (C=O) groups is 1. The van der Waals surface area contributed by atoms with Gasteiger partial charge in [0.2, 0.25) is 14.9 Å². The molecule has 0 saturated carbocycles. The van der Waals surface area contributed by atoms with Gasteiger partial charge < -0.3 is 9.73 Å². The topological polar surface area (TPSA) is 76.4 Å². The summed E-state index contributed by atoms with van der Waals surface area (Å²) in [5, 5.41) is 1.57. The van der Waals surface area contributed by atoms with E-state index in [0.717, 1.165) is 24.3 Å². The van der Waals surface area contributed by atoms with Crippen LogP contribution >= 0.6 is 27.5 Å². The Bertz CT molecular complexity index is 1170. The minimum absolute atomic E-state index is 0.0528. The molecule has 0 aliphatic rings. The number of amides is 1. The van der Waals surface area contributed by atoms with Crippen molar-refractivity contribution in [2.75, 3.05) is 5.32 Å². The number of hydrogen-bond acceptors (Lipinski definition) is 4. The number of anilines is 1. The van der Waals surface area contributed by atoms with Crippen LogP contribution in [0.15, 0.2) is 73.5 Å². The average molecular weight is 509 g/mol. The molecule has 0 unspecified atom stereocenters. The highest BCUT2D eigenvalue weighted by Gasteiger charge is 2.31. The molecule has 1 heterocycles. The molecule has 1 aromatic heterocycles. The first-order valence-electron chi connectivity index (χ1n) is 7.77. The van der Waals surface area contributed by atoms with Crippen molar-refractivity contribution in [3.63, 3.8) is 0 Å². The highest BCUT2D eigenvalue weighted by Crippen LogP contribution is 2.34. The molecule has 5 nitrogen and oxygen atoms in total. The van der Waals surface area contributed by atoms with E-state index in [9.17, 15) is 26.4 Å². The molecular weight excluding hydrogens is 499 g/mol. The van der Waals surface area contributed by atoms with Crippen molar-refractivity contribution in [3.8, 4) is 0 Å². The standard InChI is InChI=1S/C18H10BrClF3NO4S/c19-11-2-4-12(5-3-11)29(26,27)16-8-7-15(28-16)17(25)24-14-9-10(18(21,22)23)1-6-13(14)20/h1-9H,(H,24,25). The fourth-order valence-corrected chi connectivity index (χ4v) is 3.90. The van der Waals surface area contributed by atoms with Crippen LogP contribution in [0.2, 0.25) is 5.02 Å². The molecule has 0 aliphatic heterocycles. The van der Waals surface area contributed by atoms with Gasteiger partial charge in [-0.05, 0) is 54.6 Å². The second-order valence-corrected chi connectivity index (χ2v) is 8.93. The van der Waals surface area contributed by atoms with E-state index in [1.165, 1.54) is 24.3 Å². The Morgan fingerprint density at radius 3 is 2.31 bits per heavy atom. The van der Waals surface area contributed by atoms with Crippen molar-refractivity contribution in [1.29, 1.82) is 0 Å². The molecular formula is C18H10BrClF3NO4S. The van der Waals surface area contributed by atoms with Crippen LogP contribution in [-0.2, 0) is 16.0 Å². The van der Waals surface area contributed by atoms with Crippen LogP contribution in [0, 0.1) is 0 Å². The van der Waals surface area contributed by atoms with E-state index in [0.29, 0.717) is 10.5 Å². The van der Waals surface area contributed by atoms with Crippen LogP contribution in [0.25, 0.3) is 0 Å². The largest absolute Gasteiger partial charge is 0.439 e. The summed E-state index contributed by atoms with van der Waals surface area (Å²) < 4.78 is 69.4. The molecule has 1 N–H and O–H groups in total. The van der Waals surface area contributed by atoms with Gasteiger partial charge in [-0.1, -0.05) is 27.5 Å². The predicted octanol–water partition coefficient (Wildman–Crippen LogP) is 5.80. The Morgan fingerprint density at radius 2 is 1.69 bits per heavy atom. The summed E-state index contributed by atoms with van der Waals surface area (Å²) >= 11 is 9.03. The number of carbonyl (C=O) groups excluding carboxylic acids is 1. The lowest BCUT2D eigenvalue weighted by Gasteiger charge is -2.11. The van der Waals surface area contributed by atoms with Crippen LogP contribution in [0.1, 0.15) is 16.1 Å². The Labute approximate surface area is 176 Å². The van der Waals surface area contributed by atoms with Crippen LogP contribution in [-0.4, -0.2) is 14.3 Å². The summed E-state index contributed by atoms with van der Waals surface area (Å²) in [6.07, 6.45) is -4.62. The number of hydrogen-bond donors (Lipinski definition) is 1. The summed E-state index contributed by atoms with van der Waals surface area (Å²) in [6.45, 7) is 0. The molecule has 0 fully saturated rings. The number of furan rings is 1. The second-order valence-electron chi connectivity index (χ2n) is 5.72. The predicted molar refractivity (Wildman–Crippen MR) is 103 cm³/mol. The van der Waals surface area contributed by atoms with Gasteiger partial charge in [0.1, 0.15) is 0 Å². The third-order valence-electron chi connectivity index (χ3n) is 3.74. The lowest BCUT2D eigenvalue weighted by atomic mass is 10.2. The van der Waals surface area contributed by atoms with Crippen LogP contribution in [0.3, 0.4) is 0 Å². The van der Waals surface area contributed by atoms with E-state index in [-0.39, 0.29) is 15.6 Å². The molecule has 0 saturated heterocycles. The van der Waals surface area contributed by atoms with Gasteiger partial charge in [0.25, 0.3) is 5.91 Å². The van der Waals surface area contributed by atoms with Crippen molar-refractivity contribution < 1.29 is 30.8 Å². The smallest absolute Gasteiger partial charge is 0.416 e. The van der Waals surface area contributed by atoms with Crippen molar-refractivity contribution in [1.82, 2.24) is 0 Å². The second kappa shape index (κ2) is 7.85. The molecule has 2 aromatic carbocycles. The van der Waals surface area contributed by atoms with Gasteiger partial charge in [0, 0.05) is 4.47 Å². The number of nitrogens with one attached hydrogen (secondary N) is 1. The van der Waals surface area contributed by atoms with Gasteiger partial charge in [-0.2, -0.15) is 13.2 Å². The zero-order valence-corrected chi connectivity index (χ0v) is 17.3. The van der Waals surface area contributed by atoms with E-state index in [4.69, 9.17) is 16.0 Å². The lowest BCUT2D eigenvalue weighted by molar-refractivity contribution is -0.137. The van der Waals surface area contributed by atoms with Gasteiger partial charge in [-0.15, -0.1) is 0 Å². The van der Waals surface area contributed by atoms with Gasteiger partial charge in [-0.3, -0.25) is 4.79 Å². The SMILES string of the molecule is O=C(Nc1cc(C(F)(F)F)ccc1Cl)c1ccc(S(=O)(=O)c2ccc(Br)cc2)o1. The minimum atomic E-state index is -4.62.